The standard InChI is InChI=1S/C71H116O6/c1-4-7-10-13-16-19-22-25-27-29-31-32-33-34-35-36-37-38-40-41-43-46-49-52-55-58-61-64-70(73)76-67-68(66-75-69(72)63-60-57-54-51-48-45-24-21-18-15-12-9-6-3)77-71(74)65-62-59-56-53-50-47-44-42-39-30-28-26-23-20-17-14-11-8-5-2/h7-8,10-11,16-17,19-20,25-28,31-32,34-35,39,42,47,50,56,59,68H,4-6,9,12-15,18,21-24,29-30,33,36-38,40-41,43-46,48-49,51-55,57-58,60-67H2,1-3H3/b10-7-,11-8-,19-16-,20-17-,27-25-,28-26-,32-31-,35-34-,42-39-,50-47-,59-56-. The fraction of sp³-hybridized carbons (Fsp3) is 0.648. The van der Waals surface area contributed by atoms with Crippen LogP contribution >= 0.6 is 0 Å². The second kappa shape index (κ2) is 64.1. The van der Waals surface area contributed by atoms with Gasteiger partial charge in [0.1, 0.15) is 13.2 Å². The molecule has 0 aliphatic rings. The quantitative estimate of drug-likeness (QED) is 0.0261. The SMILES string of the molecule is CC/C=C\C/C=C\C/C=C\C/C=C\C/C=C\C/C=C\CCC(=O)OC(COC(=O)CCCCCCCCCCCCC/C=C\C/C=C\C/C=C\C/C=C\C/C=C\CC)COC(=O)CCCCCCCCCCCCCCC. The normalized spacial score (nSPS) is 13.0. The van der Waals surface area contributed by atoms with Crippen LogP contribution in [0, 0.1) is 0 Å². The van der Waals surface area contributed by atoms with Gasteiger partial charge in [0.05, 0.1) is 0 Å². The maximum absolute atomic E-state index is 12.9. The van der Waals surface area contributed by atoms with Crippen LogP contribution in [-0.2, 0) is 28.6 Å². The lowest BCUT2D eigenvalue weighted by molar-refractivity contribution is -0.166. The molecule has 0 N–H and O–H groups in total. The van der Waals surface area contributed by atoms with E-state index in [1.807, 2.05) is 6.08 Å². The molecule has 0 aliphatic heterocycles. The fourth-order valence-corrected chi connectivity index (χ4v) is 8.50. The van der Waals surface area contributed by atoms with E-state index >= 15 is 0 Å². The first-order valence-corrected chi connectivity index (χ1v) is 31.7. The number of unbranched alkanes of at least 4 members (excludes halogenated alkanes) is 23. The lowest BCUT2D eigenvalue weighted by Gasteiger charge is -2.18. The third kappa shape index (κ3) is 62.3. The van der Waals surface area contributed by atoms with Crippen LogP contribution in [0.5, 0.6) is 0 Å². The Morgan fingerprint density at radius 2 is 0.532 bits per heavy atom. The molecule has 0 saturated carbocycles. The highest BCUT2D eigenvalue weighted by Crippen LogP contribution is 2.16. The second-order valence-corrected chi connectivity index (χ2v) is 20.6. The first-order chi connectivity index (χ1) is 38.0. The smallest absolute Gasteiger partial charge is 0.306 e. The van der Waals surface area contributed by atoms with Gasteiger partial charge in [-0.1, -0.05) is 289 Å². The van der Waals surface area contributed by atoms with Gasteiger partial charge in [0.2, 0.25) is 0 Å². The number of esters is 3. The van der Waals surface area contributed by atoms with Crippen molar-refractivity contribution in [3.05, 3.63) is 134 Å². The summed E-state index contributed by atoms with van der Waals surface area (Å²) in [6.07, 6.45) is 90.4. The van der Waals surface area contributed by atoms with Crippen molar-refractivity contribution in [2.75, 3.05) is 13.2 Å². The minimum Gasteiger partial charge on any atom is -0.462 e. The Morgan fingerprint density at radius 1 is 0.273 bits per heavy atom. The van der Waals surface area contributed by atoms with Gasteiger partial charge in [0.15, 0.2) is 6.10 Å². The third-order valence-corrected chi connectivity index (χ3v) is 13.2. The molecule has 0 aromatic carbocycles. The Hall–Kier alpha value is -4.45. The molecule has 0 aliphatic carbocycles. The Balaban J connectivity index is 4.40. The highest BCUT2D eigenvalue weighted by atomic mass is 16.6. The van der Waals surface area contributed by atoms with Crippen LogP contribution in [-0.4, -0.2) is 37.2 Å². The molecule has 0 saturated heterocycles. The molecule has 0 aromatic heterocycles. The van der Waals surface area contributed by atoms with Crippen LogP contribution in [0.2, 0.25) is 0 Å². The van der Waals surface area contributed by atoms with Crippen molar-refractivity contribution in [1.82, 2.24) is 0 Å². The minimum atomic E-state index is -0.823. The molecule has 0 bridgehead atoms. The summed E-state index contributed by atoms with van der Waals surface area (Å²) < 4.78 is 16.8. The van der Waals surface area contributed by atoms with E-state index in [-0.39, 0.29) is 31.6 Å². The molecule has 0 radical (unpaired) electrons. The van der Waals surface area contributed by atoms with Crippen LogP contribution in [0.3, 0.4) is 0 Å². The van der Waals surface area contributed by atoms with Gasteiger partial charge in [-0.05, 0) is 103 Å². The first kappa shape index (κ1) is 72.5. The number of ether oxygens (including phenoxy) is 3. The molecule has 0 aromatic rings. The average molecular weight is 1070 g/mol. The first-order valence-electron chi connectivity index (χ1n) is 31.7. The van der Waals surface area contributed by atoms with Crippen molar-refractivity contribution in [2.45, 2.75) is 284 Å². The summed E-state index contributed by atoms with van der Waals surface area (Å²) in [7, 11) is 0. The monoisotopic (exact) mass is 1060 g/mol. The third-order valence-electron chi connectivity index (χ3n) is 13.2. The van der Waals surface area contributed by atoms with Crippen LogP contribution < -0.4 is 0 Å². The highest BCUT2D eigenvalue weighted by Gasteiger charge is 2.19. The molecule has 0 spiro atoms. The van der Waals surface area contributed by atoms with Gasteiger partial charge in [-0.3, -0.25) is 14.4 Å². The number of hydrogen-bond donors (Lipinski definition) is 0. The predicted molar refractivity (Wildman–Crippen MR) is 334 cm³/mol. The zero-order valence-electron chi connectivity index (χ0n) is 49.9. The number of rotatable bonds is 56. The second-order valence-electron chi connectivity index (χ2n) is 20.6. The van der Waals surface area contributed by atoms with E-state index in [1.165, 1.54) is 122 Å². The molecule has 436 valence electrons. The Bertz CT molecular complexity index is 1650. The molecule has 0 heterocycles. The minimum absolute atomic E-state index is 0.110. The summed E-state index contributed by atoms with van der Waals surface area (Å²) in [5, 5.41) is 0. The van der Waals surface area contributed by atoms with Crippen LogP contribution in [0.4, 0.5) is 0 Å². The zero-order chi connectivity index (χ0) is 55.7. The lowest BCUT2D eigenvalue weighted by atomic mass is 10.0. The molecule has 1 unspecified atom stereocenters. The molecule has 0 amide bonds. The number of hydrogen-bond acceptors (Lipinski definition) is 6. The molecular weight excluding hydrogens is 949 g/mol. The topological polar surface area (TPSA) is 78.9 Å². The van der Waals surface area contributed by atoms with E-state index in [0.29, 0.717) is 19.3 Å². The molecule has 1 atom stereocenters. The van der Waals surface area contributed by atoms with Crippen LogP contribution in [0.1, 0.15) is 278 Å². The van der Waals surface area contributed by atoms with Crippen LogP contribution in [0.15, 0.2) is 134 Å². The molecule has 6 nitrogen and oxygen atoms in total. The summed E-state index contributed by atoms with van der Waals surface area (Å²) in [6.45, 7) is 6.36. The van der Waals surface area contributed by atoms with Crippen molar-refractivity contribution < 1.29 is 28.6 Å². The molecular formula is C71H116O6. The molecule has 0 fully saturated rings. The van der Waals surface area contributed by atoms with E-state index < -0.39 is 12.1 Å². The summed E-state index contributed by atoms with van der Waals surface area (Å²) in [6, 6.07) is 0. The van der Waals surface area contributed by atoms with Crippen molar-refractivity contribution in [1.29, 1.82) is 0 Å². The van der Waals surface area contributed by atoms with Gasteiger partial charge in [0, 0.05) is 19.3 Å². The summed E-state index contributed by atoms with van der Waals surface area (Å²) >= 11 is 0. The van der Waals surface area contributed by atoms with E-state index in [1.54, 1.807) is 0 Å². The Labute approximate surface area is 475 Å². The van der Waals surface area contributed by atoms with Crippen molar-refractivity contribution in [3.8, 4) is 0 Å². The summed E-state index contributed by atoms with van der Waals surface area (Å²) in [4.78, 5) is 38.2. The summed E-state index contributed by atoms with van der Waals surface area (Å²) in [5.41, 5.74) is 0. The Morgan fingerprint density at radius 3 is 0.844 bits per heavy atom. The fourth-order valence-electron chi connectivity index (χ4n) is 8.50. The molecule has 0 rings (SSSR count). The van der Waals surface area contributed by atoms with Gasteiger partial charge in [-0.2, -0.15) is 0 Å². The maximum Gasteiger partial charge on any atom is 0.306 e. The van der Waals surface area contributed by atoms with Crippen molar-refractivity contribution in [3.63, 3.8) is 0 Å². The van der Waals surface area contributed by atoms with Gasteiger partial charge >= 0.3 is 17.9 Å². The van der Waals surface area contributed by atoms with E-state index in [2.05, 4.69) is 148 Å². The highest BCUT2D eigenvalue weighted by molar-refractivity contribution is 5.71. The van der Waals surface area contributed by atoms with Crippen molar-refractivity contribution >= 4 is 17.9 Å². The largest absolute Gasteiger partial charge is 0.462 e. The van der Waals surface area contributed by atoms with E-state index in [0.717, 1.165) is 109 Å². The number of carbonyl (C=O) groups is 3. The lowest BCUT2D eigenvalue weighted by Crippen LogP contribution is -2.30. The van der Waals surface area contributed by atoms with E-state index in [9.17, 15) is 14.4 Å². The Kier molecular flexibility index (Phi) is 60.4. The van der Waals surface area contributed by atoms with Gasteiger partial charge in [-0.25, -0.2) is 0 Å². The maximum atomic E-state index is 12.9. The van der Waals surface area contributed by atoms with Gasteiger partial charge in [0.25, 0.3) is 0 Å². The molecule has 77 heavy (non-hydrogen) atoms. The number of allylic oxidation sites excluding steroid dienone is 22. The number of carbonyl (C=O) groups excluding carboxylic acids is 3. The molecule has 6 heteroatoms. The van der Waals surface area contributed by atoms with Gasteiger partial charge in [-0.15, -0.1) is 0 Å². The van der Waals surface area contributed by atoms with E-state index in [4.69, 9.17) is 14.2 Å². The van der Waals surface area contributed by atoms with Crippen molar-refractivity contribution in [2.24, 2.45) is 0 Å². The van der Waals surface area contributed by atoms with Gasteiger partial charge < -0.3 is 14.2 Å². The zero-order valence-corrected chi connectivity index (χ0v) is 49.9. The predicted octanol–water partition coefficient (Wildman–Crippen LogP) is 21.8. The van der Waals surface area contributed by atoms with Crippen LogP contribution in [0.25, 0.3) is 0 Å². The summed E-state index contributed by atoms with van der Waals surface area (Å²) in [5.74, 6) is -0.995. The average Bonchev–Trinajstić information content (AvgIpc) is 3.43.